The number of non-ortho nitro benzene ring substituents is 1. The highest BCUT2D eigenvalue weighted by Gasteiger charge is 2.10. The molecule has 6 nitrogen and oxygen atoms in total. The number of anilines is 1. The molecule has 0 spiro atoms. The fourth-order valence-electron chi connectivity index (χ4n) is 1.83. The van der Waals surface area contributed by atoms with E-state index in [1.165, 1.54) is 12.1 Å². The lowest BCUT2D eigenvalue weighted by Crippen LogP contribution is -2.14. The zero-order valence-electron chi connectivity index (χ0n) is 12.4. The molecule has 1 N–H and O–H groups in total. The van der Waals surface area contributed by atoms with Gasteiger partial charge in [0.05, 0.1) is 17.6 Å². The molecule has 0 fully saturated rings. The second kappa shape index (κ2) is 8.37. The molecule has 1 aromatic carbocycles. The number of nitrogens with zero attached hydrogens (tertiary/aromatic N) is 2. The largest absolute Gasteiger partial charge is 0.494 e. The number of ether oxygens (including phenoxy) is 1. The Bertz CT molecular complexity index is 436. The zero-order valence-corrected chi connectivity index (χ0v) is 12.4. The van der Waals surface area contributed by atoms with Crippen LogP contribution in [0.4, 0.5) is 11.4 Å². The lowest BCUT2D eigenvalue weighted by molar-refractivity contribution is -0.384. The van der Waals surface area contributed by atoms with Crippen molar-refractivity contribution in [3.63, 3.8) is 0 Å². The van der Waals surface area contributed by atoms with Crippen LogP contribution in [-0.4, -0.2) is 43.6 Å². The molecular formula is C14H23N3O3. The molecule has 1 rings (SSSR count). The molecule has 20 heavy (non-hydrogen) atoms. The Morgan fingerprint density at radius 2 is 2.05 bits per heavy atom. The summed E-state index contributed by atoms with van der Waals surface area (Å²) in [5.41, 5.74) is 0.777. The van der Waals surface area contributed by atoms with Gasteiger partial charge in [0.25, 0.3) is 5.69 Å². The Kier molecular flexibility index (Phi) is 6.79. The number of nitrogens with one attached hydrogen (secondary N) is 1. The second-order valence-corrected chi connectivity index (χ2v) is 4.84. The molecule has 0 amide bonds. The number of nitro groups is 1. The Morgan fingerprint density at radius 3 is 2.65 bits per heavy atom. The fraction of sp³-hybridized carbons (Fsp3) is 0.571. The predicted molar refractivity (Wildman–Crippen MR) is 80.5 cm³/mol. The third-order valence-corrected chi connectivity index (χ3v) is 2.77. The quantitative estimate of drug-likeness (QED) is 0.428. The van der Waals surface area contributed by atoms with Crippen LogP contribution in [0.1, 0.15) is 19.8 Å². The van der Waals surface area contributed by atoms with Crippen LogP contribution in [0, 0.1) is 10.1 Å². The third kappa shape index (κ3) is 5.88. The van der Waals surface area contributed by atoms with E-state index in [1.54, 1.807) is 6.07 Å². The molecule has 0 bridgehead atoms. The molecule has 1 aromatic rings. The van der Waals surface area contributed by atoms with Crippen molar-refractivity contribution < 1.29 is 9.66 Å². The molecule has 112 valence electrons. The maximum atomic E-state index is 10.9. The molecule has 0 atom stereocenters. The summed E-state index contributed by atoms with van der Waals surface area (Å²) in [5, 5.41) is 14.1. The molecule has 0 radical (unpaired) electrons. The van der Waals surface area contributed by atoms with Crippen molar-refractivity contribution in [3.8, 4) is 5.75 Å². The van der Waals surface area contributed by atoms with Gasteiger partial charge in [-0.1, -0.05) is 0 Å². The normalized spacial score (nSPS) is 10.6. The smallest absolute Gasteiger partial charge is 0.275 e. The molecule has 0 unspecified atom stereocenters. The van der Waals surface area contributed by atoms with Crippen LogP contribution in [0.5, 0.6) is 5.75 Å². The van der Waals surface area contributed by atoms with Crippen LogP contribution in [0.25, 0.3) is 0 Å². The van der Waals surface area contributed by atoms with Crippen LogP contribution >= 0.6 is 0 Å². The first-order valence-corrected chi connectivity index (χ1v) is 6.83. The van der Waals surface area contributed by atoms with Crippen molar-refractivity contribution in [2.45, 2.75) is 19.8 Å². The number of hydrogen-bond acceptors (Lipinski definition) is 5. The van der Waals surface area contributed by atoms with Crippen LogP contribution in [0.2, 0.25) is 0 Å². The number of unbranched alkanes of at least 4 members (excludes halogenated alkanes) is 1. The highest BCUT2D eigenvalue weighted by Crippen LogP contribution is 2.26. The minimum absolute atomic E-state index is 0.0479. The summed E-state index contributed by atoms with van der Waals surface area (Å²) < 4.78 is 5.35. The Hall–Kier alpha value is -1.82. The standard InChI is InChI=1S/C14H23N3O3/c1-4-20-14-10-12(9-13(11-14)17(18)19)15-7-5-6-8-16(2)3/h9-11,15H,4-8H2,1-3H3. The van der Waals surface area contributed by atoms with Crippen molar-refractivity contribution in [3.05, 3.63) is 28.3 Å². The first kappa shape index (κ1) is 16.2. The highest BCUT2D eigenvalue weighted by molar-refractivity contribution is 5.56. The number of benzene rings is 1. The summed E-state index contributed by atoms with van der Waals surface area (Å²) in [6, 6.07) is 4.78. The average Bonchev–Trinajstić information content (AvgIpc) is 2.38. The van der Waals surface area contributed by atoms with Gasteiger partial charge in [-0.25, -0.2) is 0 Å². The van der Waals surface area contributed by atoms with E-state index in [0.29, 0.717) is 12.4 Å². The summed E-state index contributed by atoms with van der Waals surface area (Å²) >= 11 is 0. The molecule has 0 saturated carbocycles. The van der Waals surface area contributed by atoms with Gasteiger partial charge in [-0.2, -0.15) is 0 Å². The van der Waals surface area contributed by atoms with Gasteiger partial charge in [0.2, 0.25) is 0 Å². The lowest BCUT2D eigenvalue weighted by atomic mass is 10.2. The first-order chi connectivity index (χ1) is 9.52. The van der Waals surface area contributed by atoms with E-state index < -0.39 is 4.92 Å². The molecule has 6 heteroatoms. The van der Waals surface area contributed by atoms with Crippen LogP contribution in [-0.2, 0) is 0 Å². The van der Waals surface area contributed by atoms with Gasteiger partial charge in [0.1, 0.15) is 5.75 Å². The predicted octanol–water partition coefficient (Wildman–Crippen LogP) is 2.75. The van der Waals surface area contributed by atoms with Crippen LogP contribution in [0.3, 0.4) is 0 Å². The van der Waals surface area contributed by atoms with Crippen molar-refractivity contribution in [2.75, 3.05) is 39.1 Å². The topological polar surface area (TPSA) is 67.6 Å². The third-order valence-electron chi connectivity index (χ3n) is 2.77. The van der Waals surface area contributed by atoms with Gasteiger partial charge < -0.3 is 15.0 Å². The Morgan fingerprint density at radius 1 is 1.30 bits per heavy atom. The average molecular weight is 281 g/mol. The Balaban J connectivity index is 2.57. The number of hydrogen-bond donors (Lipinski definition) is 1. The summed E-state index contributed by atoms with van der Waals surface area (Å²) in [6.07, 6.45) is 2.11. The minimum atomic E-state index is -0.403. The van der Waals surface area contributed by atoms with Crippen molar-refractivity contribution in [2.24, 2.45) is 0 Å². The second-order valence-electron chi connectivity index (χ2n) is 4.84. The van der Waals surface area contributed by atoms with Gasteiger partial charge in [-0.05, 0) is 40.4 Å². The van der Waals surface area contributed by atoms with Gasteiger partial charge in [-0.3, -0.25) is 10.1 Å². The van der Waals surface area contributed by atoms with Crippen molar-refractivity contribution >= 4 is 11.4 Å². The molecule has 0 aliphatic heterocycles. The van der Waals surface area contributed by atoms with Crippen molar-refractivity contribution in [1.82, 2.24) is 4.90 Å². The zero-order chi connectivity index (χ0) is 15.0. The maximum Gasteiger partial charge on any atom is 0.275 e. The van der Waals surface area contributed by atoms with Gasteiger partial charge in [0.15, 0.2) is 0 Å². The molecular weight excluding hydrogens is 258 g/mol. The van der Waals surface area contributed by atoms with E-state index in [0.717, 1.165) is 31.6 Å². The van der Waals surface area contributed by atoms with Crippen LogP contribution in [0.15, 0.2) is 18.2 Å². The SMILES string of the molecule is CCOc1cc(NCCCCN(C)C)cc([N+](=O)[O-])c1. The van der Waals surface area contributed by atoms with Crippen LogP contribution < -0.4 is 10.1 Å². The lowest BCUT2D eigenvalue weighted by Gasteiger charge is -2.11. The van der Waals surface area contributed by atoms with Gasteiger partial charge in [0, 0.05) is 24.4 Å². The molecule has 0 aromatic heterocycles. The fourth-order valence-corrected chi connectivity index (χ4v) is 1.83. The number of nitro benzene ring substituents is 1. The van der Waals surface area contributed by atoms with E-state index in [1.807, 2.05) is 21.0 Å². The van der Waals surface area contributed by atoms with E-state index >= 15 is 0 Å². The van der Waals surface area contributed by atoms with Crippen molar-refractivity contribution in [1.29, 1.82) is 0 Å². The maximum absolute atomic E-state index is 10.9. The molecule has 0 aliphatic carbocycles. The summed E-state index contributed by atoms with van der Waals surface area (Å²) in [4.78, 5) is 12.6. The van der Waals surface area contributed by atoms with E-state index in [-0.39, 0.29) is 5.69 Å². The first-order valence-electron chi connectivity index (χ1n) is 6.83. The molecule has 0 heterocycles. The molecule has 0 aliphatic rings. The highest BCUT2D eigenvalue weighted by atomic mass is 16.6. The minimum Gasteiger partial charge on any atom is -0.494 e. The number of rotatable bonds is 9. The van der Waals surface area contributed by atoms with E-state index in [9.17, 15) is 10.1 Å². The summed E-state index contributed by atoms with van der Waals surface area (Å²) in [6.45, 7) is 4.18. The van der Waals surface area contributed by atoms with Gasteiger partial charge >= 0.3 is 0 Å². The Labute approximate surface area is 119 Å². The summed E-state index contributed by atoms with van der Waals surface area (Å²) in [7, 11) is 4.09. The monoisotopic (exact) mass is 281 g/mol. The van der Waals surface area contributed by atoms with Gasteiger partial charge in [-0.15, -0.1) is 0 Å². The van der Waals surface area contributed by atoms with E-state index in [2.05, 4.69) is 10.2 Å². The summed E-state index contributed by atoms with van der Waals surface area (Å²) in [5.74, 6) is 0.525. The molecule has 0 saturated heterocycles. The van der Waals surface area contributed by atoms with E-state index in [4.69, 9.17) is 4.74 Å².